The van der Waals surface area contributed by atoms with E-state index in [4.69, 9.17) is 0 Å². The van der Waals surface area contributed by atoms with Crippen LogP contribution in [0.15, 0.2) is 30.3 Å². The standard InChI is InChI=1S/C11H13NO3/c1-8(11(14)15)12-10(13)7-9-5-3-2-4-6-9/h2-6,8H,7H2,1H3,(H,12,13)(H,14,15)/p-1/t8-/m0/s1. The molecule has 15 heavy (non-hydrogen) atoms. The first-order chi connectivity index (χ1) is 7.09. The van der Waals surface area contributed by atoms with E-state index in [0.717, 1.165) is 5.56 Å². The van der Waals surface area contributed by atoms with E-state index in [1.165, 1.54) is 6.92 Å². The molecule has 0 heterocycles. The van der Waals surface area contributed by atoms with Crippen molar-refractivity contribution < 1.29 is 14.7 Å². The molecular weight excluding hydrogens is 194 g/mol. The summed E-state index contributed by atoms with van der Waals surface area (Å²) >= 11 is 0. The molecule has 0 aliphatic carbocycles. The molecule has 0 aliphatic heterocycles. The van der Waals surface area contributed by atoms with Gasteiger partial charge in [0.15, 0.2) is 0 Å². The quantitative estimate of drug-likeness (QED) is 0.721. The van der Waals surface area contributed by atoms with Crippen molar-refractivity contribution in [3.63, 3.8) is 0 Å². The summed E-state index contributed by atoms with van der Waals surface area (Å²) < 4.78 is 0. The lowest BCUT2D eigenvalue weighted by Gasteiger charge is -2.14. The van der Waals surface area contributed by atoms with Crippen molar-refractivity contribution in [1.82, 2.24) is 5.32 Å². The van der Waals surface area contributed by atoms with Gasteiger partial charge in [0.05, 0.1) is 18.4 Å². The van der Waals surface area contributed by atoms with Crippen LogP contribution in [0.2, 0.25) is 0 Å². The van der Waals surface area contributed by atoms with Crippen LogP contribution in [0.4, 0.5) is 0 Å². The van der Waals surface area contributed by atoms with Gasteiger partial charge in [-0.2, -0.15) is 0 Å². The van der Waals surface area contributed by atoms with Crippen molar-refractivity contribution in [3.8, 4) is 0 Å². The predicted molar refractivity (Wildman–Crippen MR) is 52.8 cm³/mol. The van der Waals surface area contributed by atoms with Crippen LogP contribution in [0.1, 0.15) is 12.5 Å². The molecule has 0 unspecified atom stereocenters. The molecule has 0 bridgehead atoms. The number of rotatable bonds is 4. The SMILES string of the molecule is C[C@H](NC(=O)Cc1ccccc1)C(=O)[O-]. The van der Waals surface area contributed by atoms with E-state index in [1.807, 2.05) is 30.3 Å². The molecule has 1 rings (SSSR count). The number of hydrogen-bond acceptors (Lipinski definition) is 3. The Morgan fingerprint density at radius 3 is 2.47 bits per heavy atom. The lowest BCUT2D eigenvalue weighted by molar-refractivity contribution is -0.307. The highest BCUT2D eigenvalue weighted by atomic mass is 16.4. The molecular formula is C11H12NO3-. The Hall–Kier alpha value is -1.84. The van der Waals surface area contributed by atoms with Crippen molar-refractivity contribution in [2.45, 2.75) is 19.4 Å². The Balaban J connectivity index is 2.47. The summed E-state index contributed by atoms with van der Waals surface area (Å²) in [4.78, 5) is 21.7. The zero-order valence-corrected chi connectivity index (χ0v) is 8.40. The van der Waals surface area contributed by atoms with Gasteiger partial charge in [-0.05, 0) is 12.5 Å². The number of benzene rings is 1. The average Bonchev–Trinajstić information content (AvgIpc) is 2.18. The van der Waals surface area contributed by atoms with Gasteiger partial charge >= 0.3 is 0 Å². The summed E-state index contributed by atoms with van der Waals surface area (Å²) in [6.07, 6.45) is 0.179. The highest BCUT2D eigenvalue weighted by molar-refractivity contribution is 5.83. The molecule has 0 fully saturated rings. The molecule has 1 aromatic carbocycles. The Morgan fingerprint density at radius 2 is 1.93 bits per heavy atom. The predicted octanol–water partition coefficient (Wildman–Crippen LogP) is -0.516. The van der Waals surface area contributed by atoms with Crippen LogP contribution in [0.25, 0.3) is 0 Å². The van der Waals surface area contributed by atoms with E-state index in [1.54, 1.807) is 0 Å². The summed E-state index contributed by atoms with van der Waals surface area (Å²) in [6.45, 7) is 1.37. The van der Waals surface area contributed by atoms with Gasteiger partial charge in [0.1, 0.15) is 0 Å². The zero-order chi connectivity index (χ0) is 11.3. The van der Waals surface area contributed by atoms with E-state index < -0.39 is 12.0 Å². The second kappa shape index (κ2) is 5.14. The van der Waals surface area contributed by atoms with E-state index in [-0.39, 0.29) is 12.3 Å². The number of carboxylic acids is 1. The molecule has 0 spiro atoms. The maximum Gasteiger partial charge on any atom is 0.224 e. The average molecular weight is 206 g/mol. The molecule has 0 radical (unpaired) electrons. The van der Waals surface area contributed by atoms with Crippen LogP contribution < -0.4 is 10.4 Å². The molecule has 0 aliphatic rings. The molecule has 0 saturated carbocycles. The molecule has 0 saturated heterocycles. The van der Waals surface area contributed by atoms with E-state index >= 15 is 0 Å². The van der Waals surface area contributed by atoms with Crippen LogP contribution >= 0.6 is 0 Å². The maximum absolute atomic E-state index is 11.3. The minimum absolute atomic E-state index is 0.179. The largest absolute Gasteiger partial charge is 0.548 e. The molecule has 80 valence electrons. The van der Waals surface area contributed by atoms with Crippen LogP contribution in [-0.4, -0.2) is 17.9 Å². The van der Waals surface area contributed by atoms with Gasteiger partial charge in [-0.1, -0.05) is 30.3 Å². The summed E-state index contributed by atoms with van der Waals surface area (Å²) in [5, 5.41) is 12.7. The van der Waals surface area contributed by atoms with Crippen LogP contribution in [0, 0.1) is 0 Å². The summed E-state index contributed by atoms with van der Waals surface area (Å²) in [5.41, 5.74) is 0.848. The molecule has 0 aromatic heterocycles. The summed E-state index contributed by atoms with van der Waals surface area (Å²) in [7, 11) is 0. The Kier molecular flexibility index (Phi) is 3.85. The number of nitrogens with one attached hydrogen (secondary N) is 1. The third-order valence-corrected chi connectivity index (χ3v) is 1.94. The fraction of sp³-hybridized carbons (Fsp3) is 0.273. The molecule has 1 N–H and O–H groups in total. The van der Waals surface area contributed by atoms with Crippen molar-refractivity contribution in [3.05, 3.63) is 35.9 Å². The van der Waals surface area contributed by atoms with Crippen molar-refractivity contribution >= 4 is 11.9 Å². The van der Waals surface area contributed by atoms with Gasteiger partial charge in [-0.3, -0.25) is 4.79 Å². The molecule has 1 atom stereocenters. The van der Waals surface area contributed by atoms with E-state index in [0.29, 0.717) is 0 Å². The van der Waals surface area contributed by atoms with Crippen LogP contribution in [0.3, 0.4) is 0 Å². The van der Waals surface area contributed by atoms with Gasteiger partial charge in [0.2, 0.25) is 5.91 Å². The van der Waals surface area contributed by atoms with E-state index in [9.17, 15) is 14.7 Å². The van der Waals surface area contributed by atoms with Gasteiger partial charge in [0, 0.05) is 0 Å². The number of carbonyl (C=O) groups is 2. The van der Waals surface area contributed by atoms with Crippen LogP contribution in [-0.2, 0) is 16.0 Å². The lowest BCUT2D eigenvalue weighted by atomic mass is 10.1. The first-order valence-corrected chi connectivity index (χ1v) is 4.63. The third-order valence-electron chi connectivity index (χ3n) is 1.94. The monoisotopic (exact) mass is 206 g/mol. The first-order valence-electron chi connectivity index (χ1n) is 4.63. The molecule has 4 nitrogen and oxygen atoms in total. The van der Waals surface area contributed by atoms with Gasteiger partial charge in [-0.15, -0.1) is 0 Å². The second-order valence-electron chi connectivity index (χ2n) is 3.27. The zero-order valence-electron chi connectivity index (χ0n) is 8.40. The smallest absolute Gasteiger partial charge is 0.224 e. The molecule has 1 amide bonds. The lowest BCUT2D eigenvalue weighted by Crippen LogP contribution is -2.46. The molecule has 4 heteroatoms. The van der Waals surface area contributed by atoms with Crippen molar-refractivity contribution in [1.29, 1.82) is 0 Å². The maximum atomic E-state index is 11.3. The van der Waals surface area contributed by atoms with Gasteiger partial charge in [-0.25, -0.2) is 0 Å². The number of amides is 1. The van der Waals surface area contributed by atoms with Crippen molar-refractivity contribution in [2.75, 3.05) is 0 Å². The fourth-order valence-corrected chi connectivity index (χ4v) is 1.13. The second-order valence-corrected chi connectivity index (χ2v) is 3.27. The minimum atomic E-state index is -1.28. The third kappa shape index (κ3) is 3.81. The number of carboxylic acid groups (broad SMARTS) is 1. The Labute approximate surface area is 87.9 Å². The Bertz CT molecular complexity index is 348. The van der Waals surface area contributed by atoms with Gasteiger partial charge in [0.25, 0.3) is 0 Å². The summed E-state index contributed by atoms with van der Waals surface area (Å²) in [5.74, 6) is -1.60. The highest BCUT2D eigenvalue weighted by Crippen LogP contribution is 1.99. The van der Waals surface area contributed by atoms with Crippen LogP contribution in [0.5, 0.6) is 0 Å². The first kappa shape index (κ1) is 11.2. The number of carbonyl (C=O) groups excluding carboxylic acids is 2. The number of aliphatic carboxylic acids is 1. The molecule has 1 aromatic rings. The number of hydrogen-bond donors (Lipinski definition) is 1. The Morgan fingerprint density at radius 1 is 1.33 bits per heavy atom. The minimum Gasteiger partial charge on any atom is -0.548 e. The highest BCUT2D eigenvalue weighted by Gasteiger charge is 2.07. The van der Waals surface area contributed by atoms with Crippen molar-refractivity contribution in [2.24, 2.45) is 0 Å². The van der Waals surface area contributed by atoms with E-state index in [2.05, 4.69) is 5.32 Å². The summed E-state index contributed by atoms with van der Waals surface area (Å²) in [6, 6.07) is 8.16. The normalized spacial score (nSPS) is 11.8. The van der Waals surface area contributed by atoms with Gasteiger partial charge < -0.3 is 15.2 Å². The fourth-order valence-electron chi connectivity index (χ4n) is 1.13. The topological polar surface area (TPSA) is 69.2 Å².